The van der Waals surface area contributed by atoms with Gasteiger partial charge < -0.3 is 4.74 Å². The molecule has 2 aromatic carbocycles. The Balaban J connectivity index is 1.70. The largest absolute Gasteiger partial charge is 0.425 e. The van der Waals surface area contributed by atoms with Crippen molar-refractivity contribution < 1.29 is 23.9 Å². The summed E-state index contributed by atoms with van der Waals surface area (Å²) < 4.78 is 5.18. The van der Waals surface area contributed by atoms with Gasteiger partial charge in [0.05, 0.1) is 0 Å². The van der Waals surface area contributed by atoms with Crippen LogP contribution < -0.4 is 9.64 Å². The Morgan fingerprint density at radius 3 is 2.18 bits per heavy atom. The van der Waals surface area contributed by atoms with Crippen molar-refractivity contribution in [3.05, 3.63) is 59.7 Å². The van der Waals surface area contributed by atoms with E-state index >= 15 is 0 Å². The number of aryl methyl sites for hydroxylation is 1. The van der Waals surface area contributed by atoms with Gasteiger partial charge in [0.1, 0.15) is 18.3 Å². The van der Waals surface area contributed by atoms with Crippen molar-refractivity contribution in [2.24, 2.45) is 0 Å². The number of carbonyl (C=O) groups excluding carboxylic acids is 4. The number of nitrogens with zero attached hydrogens (tertiary/aromatic N) is 2. The SMILES string of the molecule is CC(=O)c1ccc(OC(=O)CN2C(=O)[C@@H](C)N(c3ccc(C)cc3)C2=O)cc1. The summed E-state index contributed by atoms with van der Waals surface area (Å²) in [4.78, 5) is 50.9. The van der Waals surface area contributed by atoms with Crippen LogP contribution in [0.4, 0.5) is 10.5 Å². The minimum absolute atomic E-state index is 0.101. The van der Waals surface area contributed by atoms with Gasteiger partial charge in [0.2, 0.25) is 0 Å². The van der Waals surface area contributed by atoms with E-state index in [2.05, 4.69) is 0 Å². The van der Waals surface area contributed by atoms with Gasteiger partial charge in [-0.2, -0.15) is 0 Å². The Kier molecular flexibility index (Phi) is 5.26. The van der Waals surface area contributed by atoms with Crippen LogP contribution in [-0.2, 0) is 9.59 Å². The van der Waals surface area contributed by atoms with Crippen LogP contribution in [0.3, 0.4) is 0 Å². The summed E-state index contributed by atoms with van der Waals surface area (Å²) in [6.45, 7) is 4.49. The number of Topliss-reactive ketones (excluding diaryl/α,β-unsaturated/α-hetero) is 1. The van der Waals surface area contributed by atoms with Crippen molar-refractivity contribution >= 4 is 29.4 Å². The Labute approximate surface area is 162 Å². The van der Waals surface area contributed by atoms with Crippen molar-refractivity contribution in [2.45, 2.75) is 26.8 Å². The predicted molar refractivity (Wildman–Crippen MR) is 102 cm³/mol. The van der Waals surface area contributed by atoms with Crippen molar-refractivity contribution in [2.75, 3.05) is 11.4 Å². The number of hydrogen-bond acceptors (Lipinski definition) is 5. The van der Waals surface area contributed by atoms with Crippen LogP contribution in [-0.4, -0.2) is 41.2 Å². The second kappa shape index (κ2) is 7.64. The molecule has 144 valence electrons. The fraction of sp³-hybridized carbons (Fsp3) is 0.238. The first-order valence-electron chi connectivity index (χ1n) is 8.81. The van der Waals surface area contributed by atoms with E-state index in [9.17, 15) is 19.2 Å². The molecule has 2 aromatic rings. The molecule has 0 N–H and O–H groups in total. The zero-order valence-corrected chi connectivity index (χ0v) is 15.8. The van der Waals surface area contributed by atoms with Gasteiger partial charge in [-0.1, -0.05) is 17.7 Å². The number of anilines is 1. The summed E-state index contributed by atoms with van der Waals surface area (Å²) >= 11 is 0. The van der Waals surface area contributed by atoms with Crippen LogP contribution in [0.15, 0.2) is 48.5 Å². The number of rotatable bonds is 5. The Morgan fingerprint density at radius 1 is 1.00 bits per heavy atom. The molecule has 0 aromatic heterocycles. The molecule has 0 radical (unpaired) electrons. The molecule has 0 spiro atoms. The molecule has 1 atom stereocenters. The molecule has 0 bridgehead atoms. The molecular weight excluding hydrogens is 360 g/mol. The third-order valence-corrected chi connectivity index (χ3v) is 4.54. The fourth-order valence-electron chi connectivity index (χ4n) is 2.96. The number of benzene rings is 2. The van der Waals surface area contributed by atoms with Crippen LogP contribution in [0.5, 0.6) is 5.75 Å². The molecule has 1 aliphatic rings. The number of carbonyl (C=O) groups is 4. The van der Waals surface area contributed by atoms with E-state index in [-0.39, 0.29) is 11.5 Å². The molecule has 7 heteroatoms. The number of hydrogen-bond donors (Lipinski definition) is 0. The average Bonchev–Trinajstić information content (AvgIpc) is 2.86. The lowest BCUT2D eigenvalue weighted by Gasteiger charge is -2.19. The summed E-state index contributed by atoms with van der Waals surface area (Å²) in [6, 6.07) is 12.0. The molecule has 1 heterocycles. The zero-order valence-electron chi connectivity index (χ0n) is 15.8. The molecule has 28 heavy (non-hydrogen) atoms. The monoisotopic (exact) mass is 380 g/mol. The highest BCUT2D eigenvalue weighted by molar-refractivity contribution is 6.15. The zero-order chi connectivity index (χ0) is 20.4. The number of ether oxygens (including phenoxy) is 1. The summed E-state index contributed by atoms with van der Waals surface area (Å²) in [5.74, 6) is -1.07. The van der Waals surface area contributed by atoms with Crippen molar-refractivity contribution in [3.8, 4) is 5.75 Å². The van der Waals surface area contributed by atoms with Crippen molar-refractivity contribution in [1.82, 2.24) is 4.90 Å². The van der Waals surface area contributed by atoms with Crippen LogP contribution in [0.1, 0.15) is 29.8 Å². The molecule has 3 rings (SSSR count). The first kappa shape index (κ1) is 19.3. The highest BCUT2D eigenvalue weighted by Gasteiger charge is 2.44. The van der Waals surface area contributed by atoms with Crippen LogP contribution in [0.2, 0.25) is 0 Å². The van der Waals surface area contributed by atoms with Crippen LogP contribution in [0.25, 0.3) is 0 Å². The Morgan fingerprint density at radius 2 is 1.61 bits per heavy atom. The maximum Gasteiger partial charge on any atom is 0.332 e. The topological polar surface area (TPSA) is 84.0 Å². The Hall–Kier alpha value is -3.48. The molecule has 1 aliphatic heterocycles. The van der Waals surface area contributed by atoms with E-state index in [1.807, 2.05) is 19.1 Å². The molecular formula is C21H20N2O5. The molecule has 0 saturated carbocycles. The number of amides is 3. The molecule has 0 unspecified atom stereocenters. The van der Waals surface area contributed by atoms with Crippen LogP contribution >= 0.6 is 0 Å². The highest BCUT2D eigenvalue weighted by atomic mass is 16.5. The minimum Gasteiger partial charge on any atom is -0.425 e. The molecule has 1 fully saturated rings. The molecule has 7 nitrogen and oxygen atoms in total. The first-order valence-corrected chi connectivity index (χ1v) is 8.81. The maximum absolute atomic E-state index is 12.7. The van der Waals surface area contributed by atoms with Crippen LogP contribution in [0, 0.1) is 6.92 Å². The van der Waals surface area contributed by atoms with E-state index in [0.717, 1.165) is 10.5 Å². The summed E-state index contributed by atoms with van der Waals surface area (Å²) in [6.07, 6.45) is 0. The number of urea groups is 1. The summed E-state index contributed by atoms with van der Waals surface area (Å²) in [5, 5.41) is 0. The van der Waals surface area contributed by atoms with Gasteiger partial charge >= 0.3 is 12.0 Å². The average molecular weight is 380 g/mol. The van der Waals surface area contributed by atoms with E-state index in [1.165, 1.54) is 36.1 Å². The number of imide groups is 1. The quantitative estimate of drug-likeness (QED) is 0.345. The van der Waals surface area contributed by atoms with Gasteiger partial charge in [-0.05, 0) is 57.2 Å². The summed E-state index contributed by atoms with van der Waals surface area (Å²) in [5.41, 5.74) is 2.12. The highest BCUT2D eigenvalue weighted by Crippen LogP contribution is 2.26. The lowest BCUT2D eigenvalue weighted by molar-refractivity contribution is -0.139. The van der Waals surface area contributed by atoms with Gasteiger partial charge in [0.25, 0.3) is 5.91 Å². The van der Waals surface area contributed by atoms with Gasteiger partial charge in [0, 0.05) is 11.3 Å². The van der Waals surface area contributed by atoms with Gasteiger partial charge in [-0.25, -0.2) is 9.59 Å². The first-order chi connectivity index (χ1) is 13.3. The molecule has 3 amide bonds. The second-order valence-corrected chi connectivity index (χ2v) is 6.64. The number of esters is 1. The lowest BCUT2D eigenvalue weighted by atomic mass is 10.1. The molecule has 0 aliphatic carbocycles. The van der Waals surface area contributed by atoms with Crippen molar-refractivity contribution in [1.29, 1.82) is 0 Å². The smallest absolute Gasteiger partial charge is 0.332 e. The summed E-state index contributed by atoms with van der Waals surface area (Å²) in [7, 11) is 0. The van der Waals surface area contributed by atoms with E-state index in [4.69, 9.17) is 4.74 Å². The second-order valence-electron chi connectivity index (χ2n) is 6.64. The fourth-order valence-corrected chi connectivity index (χ4v) is 2.96. The van der Waals surface area contributed by atoms with E-state index < -0.39 is 30.5 Å². The minimum atomic E-state index is -0.741. The molecule has 1 saturated heterocycles. The third kappa shape index (κ3) is 3.78. The predicted octanol–water partition coefficient (Wildman–Crippen LogP) is 2.96. The van der Waals surface area contributed by atoms with E-state index in [1.54, 1.807) is 19.1 Å². The van der Waals surface area contributed by atoms with E-state index in [0.29, 0.717) is 11.3 Å². The third-order valence-electron chi connectivity index (χ3n) is 4.54. The standard InChI is InChI=1S/C21H20N2O5/c1-13-4-8-17(9-5-13)23-14(2)20(26)22(21(23)27)12-19(25)28-18-10-6-16(7-11-18)15(3)24/h4-11,14H,12H2,1-3H3/t14-/m1/s1. The van der Waals surface area contributed by atoms with Gasteiger partial charge in [-0.3, -0.25) is 19.4 Å². The van der Waals surface area contributed by atoms with Gasteiger partial charge in [-0.15, -0.1) is 0 Å². The van der Waals surface area contributed by atoms with Gasteiger partial charge in [0.15, 0.2) is 5.78 Å². The lowest BCUT2D eigenvalue weighted by Crippen LogP contribution is -2.38. The van der Waals surface area contributed by atoms with Crippen molar-refractivity contribution in [3.63, 3.8) is 0 Å². The normalized spacial score (nSPS) is 16.5. The maximum atomic E-state index is 12.7. The number of ketones is 1. The Bertz CT molecular complexity index is 934.